The minimum absolute atomic E-state index is 0.0952. The summed E-state index contributed by atoms with van der Waals surface area (Å²) in [7, 11) is -4.06. The van der Waals surface area contributed by atoms with Crippen molar-refractivity contribution in [2.75, 3.05) is 4.72 Å². The van der Waals surface area contributed by atoms with E-state index in [1.54, 1.807) is 0 Å². The number of aromatic amines is 1. The molecule has 1 aromatic heterocycles. The second kappa shape index (κ2) is 5.66. The van der Waals surface area contributed by atoms with Gasteiger partial charge in [0, 0.05) is 10.5 Å². The van der Waals surface area contributed by atoms with Crippen molar-refractivity contribution in [3.8, 4) is 0 Å². The molecule has 2 rings (SSSR count). The highest BCUT2D eigenvalue weighted by Gasteiger charge is 2.20. The van der Waals surface area contributed by atoms with Crippen molar-refractivity contribution in [1.82, 2.24) is 10.2 Å². The number of H-pyrrole nitrogens is 1. The second-order valence-corrected chi connectivity index (χ2v) is 6.37. The van der Waals surface area contributed by atoms with Crippen LogP contribution in [-0.4, -0.2) is 29.7 Å². The van der Waals surface area contributed by atoms with Gasteiger partial charge in [-0.15, -0.1) is 0 Å². The van der Waals surface area contributed by atoms with Gasteiger partial charge in [0.05, 0.1) is 5.56 Å². The van der Waals surface area contributed by atoms with Gasteiger partial charge in [-0.25, -0.2) is 18.3 Å². The van der Waals surface area contributed by atoms with Crippen LogP contribution in [0.15, 0.2) is 44.5 Å². The largest absolute Gasteiger partial charge is 0.478 e. The molecule has 0 fully saturated rings. The first kappa shape index (κ1) is 15.2. The molecule has 3 N–H and O–H groups in total. The molecule has 21 heavy (non-hydrogen) atoms. The van der Waals surface area contributed by atoms with Gasteiger partial charge < -0.3 is 5.11 Å². The van der Waals surface area contributed by atoms with E-state index in [1.807, 2.05) is 0 Å². The number of hydrogen-bond acceptors (Lipinski definition) is 5. The van der Waals surface area contributed by atoms with Gasteiger partial charge in [-0.05, 0) is 40.2 Å². The van der Waals surface area contributed by atoms with Gasteiger partial charge in [0.1, 0.15) is 4.90 Å². The van der Waals surface area contributed by atoms with E-state index < -0.39 is 21.6 Å². The molecular weight excluding hydrogens is 366 g/mol. The van der Waals surface area contributed by atoms with E-state index in [4.69, 9.17) is 5.11 Å². The smallest absolute Gasteiger partial charge is 0.335 e. The van der Waals surface area contributed by atoms with E-state index in [0.717, 1.165) is 12.1 Å². The SMILES string of the molecule is O=C(O)c1ccc(Br)c(S(=O)(=O)Nc2ccc(=O)[nH]n2)c1. The zero-order valence-electron chi connectivity index (χ0n) is 10.2. The normalized spacial score (nSPS) is 11.1. The number of aromatic carboxylic acids is 1. The predicted molar refractivity (Wildman–Crippen MR) is 76.8 cm³/mol. The number of anilines is 1. The molecule has 0 aliphatic rings. The van der Waals surface area contributed by atoms with Gasteiger partial charge in [-0.2, -0.15) is 5.10 Å². The van der Waals surface area contributed by atoms with E-state index >= 15 is 0 Å². The fraction of sp³-hybridized carbons (Fsp3) is 0. The summed E-state index contributed by atoms with van der Waals surface area (Å²) in [5, 5.41) is 14.5. The maximum Gasteiger partial charge on any atom is 0.335 e. The summed E-state index contributed by atoms with van der Waals surface area (Å²) in [6.07, 6.45) is 0. The fourth-order valence-electron chi connectivity index (χ4n) is 1.44. The zero-order chi connectivity index (χ0) is 15.6. The second-order valence-electron chi connectivity index (χ2n) is 3.86. The van der Waals surface area contributed by atoms with Gasteiger partial charge in [-0.1, -0.05) is 0 Å². The van der Waals surface area contributed by atoms with Crippen LogP contribution in [0.1, 0.15) is 10.4 Å². The van der Waals surface area contributed by atoms with E-state index in [9.17, 15) is 18.0 Å². The van der Waals surface area contributed by atoms with Crippen molar-refractivity contribution < 1.29 is 18.3 Å². The number of aromatic nitrogens is 2. The molecule has 0 saturated carbocycles. The molecular formula is C11H8BrN3O5S. The van der Waals surface area contributed by atoms with Crippen LogP contribution in [0, 0.1) is 0 Å². The van der Waals surface area contributed by atoms with E-state index in [0.29, 0.717) is 0 Å². The molecule has 2 aromatic rings. The lowest BCUT2D eigenvalue weighted by atomic mass is 10.2. The predicted octanol–water partition coefficient (Wildman–Crippen LogP) is 1.03. The lowest BCUT2D eigenvalue weighted by molar-refractivity contribution is 0.0696. The van der Waals surface area contributed by atoms with E-state index in [-0.39, 0.29) is 20.7 Å². The molecule has 1 heterocycles. The van der Waals surface area contributed by atoms with Gasteiger partial charge in [0.15, 0.2) is 5.82 Å². The Morgan fingerprint density at radius 1 is 1.29 bits per heavy atom. The molecule has 10 heteroatoms. The first-order valence-corrected chi connectivity index (χ1v) is 7.68. The number of carboxylic acid groups (broad SMARTS) is 1. The van der Waals surface area contributed by atoms with Crippen LogP contribution in [0.5, 0.6) is 0 Å². The van der Waals surface area contributed by atoms with Crippen LogP contribution >= 0.6 is 15.9 Å². The number of rotatable bonds is 4. The summed E-state index contributed by atoms with van der Waals surface area (Å²) >= 11 is 3.05. The van der Waals surface area contributed by atoms with Crippen LogP contribution in [-0.2, 0) is 10.0 Å². The lowest BCUT2D eigenvalue weighted by Gasteiger charge is -2.09. The fourth-order valence-corrected chi connectivity index (χ4v) is 3.43. The van der Waals surface area contributed by atoms with Crippen LogP contribution in [0.4, 0.5) is 5.82 Å². The number of hydrogen-bond donors (Lipinski definition) is 3. The molecule has 0 radical (unpaired) electrons. The van der Waals surface area contributed by atoms with Crippen molar-refractivity contribution in [2.24, 2.45) is 0 Å². The highest BCUT2D eigenvalue weighted by atomic mass is 79.9. The van der Waals surface area contributed by atoms with E-state index in [1.165, 1.54) is 18.2 Å². The minimum atomic E-state index is -4.06. The third-order valence-electron chi connectivity index (χ3n) is 2.39. The minimum Gasteiger partial charge on any atom is -0.478 e. The van der Waals surface area contributed by atoms with Crippen LogP contribution < -0.4 is 10.3 Å². The molecule has 0 spiro atoms. The van der Waals surface area contributed by atoms with Crippen molar-refractivity contribution in [2.45, 2.75) is 4.90 Å². The highest BCUT2D eigenvalue weighted by Crippen LogP contribution is 2.24. The first-order valence-electron chi connectivity index (χ1n) is 5.41. The Labute approximate surface area is 127 Å². The van der Waals surface area contributed by atoms with Crippen molar-refractivity contribution in [1.29, 1.82) is 0 Å². The van der Waals surface area contributed by atoms with Crippen molar-refractivity contribution in [3.05, 3.63) is 50.7 Å². The number of carboxylic acids is 1. The molecule has 0 saturated heterocycles. The lowest BCUT2D eigenvalue weighted by Crippen LogP contribution is -2.17. The van der Waals surface area contributed by atoms with Gasteiger partial charge >= 0.3 is 5.97 Å². The molecule has 8 nitrogen and oxygen atoms in total. The number of halogens is 1. The number of nitrogens with zero attached hydrogens (tertiary/aromatic N) is 1. The maximum absolute atomic E-state index is 12.2. The zero-order valence-corrected chi connectivity index (χ0v) is 12.6. The van der Waals surface area contributed by atoms with Crippen LogP contribution in [0.2, 0.25) is 0 Å². The summed E-state index contributed by atoms with van der Waals surface area (Å²) in [6, 6.07) is 5.89. The van der Waals surface area contributed by atoms with E-state index in [2.05, 4.69) is 30.8 Å². The molecule has 0 amide bonds. The highest BCUT2D eigenvalue weighted by molar-refractivity contribution is 9.10. The summed E-state index contributed by atoms with van der Waals surface area (Å²) in [5.74, 6) is -1.34. The van der Waals surface area contributed by atoms with Crippen LogP contribution in [0.3, 0.4) is 0 Å². The number of sulfonamides is 1. The summed E-state index contributed by atoms with van der Waals surface area (Å²) < 4.78 is 26.8. The molecule has 0 atom stereocenters. The third kappa shape index (κ3) is 3.47. The summed E-state index contributed by atoms with van der Waals surface area (Å²) in [5.41, 5.74) is -0.653. The standard InChI is InChI=1S/C11H8BrN3O5S/c12-7-2-1-6(11(17)18)5-8(7)21(19,20)15-9-3-4-10(16)14-13-9/h1-5H,(H,13,15)(H,14,16)(H,17,18). The van der Waals surface area contributed by atoms with Crippen molar-refractivity contribution in [3.63, 3.8) is 0 Å². The monoisotopic (exact) mass is 373 g/mol. The molecule has 1 aromatic carbocycles. The Bertz CT molecular complexity index is 842. The van der Waals surface area contributed by atoms with Gasteiger partial charge in [0.25, 0.3) is 15.6 Å². The molecule has 0 aliphatic carbocycles. The molecule has 110 valence electrons. The Morgan fingerprint density at radius 3 is 2.57 bits per heavy atom. The summed E-state index contributed by atoms with van der Waals surface area (Å²) in [6.45, 7) is 0. The number of carbonyl (C=O) groups is 1. The quantitative estimate of drug-likeness (QED) is 0.733. The average molecular weight is 374 g/mol. The van der Waals surface area contributed by atoms with Crippen molar-refractivity contribution >= 4 is 37.7 Å². The Hall–Kier alpha value is -2.20. The Kier molecular flexibility index (Phi) is 4.09. The number of nitrogens with one attached hydrogen (secondary N) is 2. The molecule has 0 bridgehead atoms. The third-order valence-corrected chi connectivity index (χ3v) is 4.73. The molecule has 0 unspecified atom stereocenters. The van der Waals surface area contributed by atoms with Crippen LogP contribution in [0.25, 0.3) is 0 Å². The Balaban J connectivity index is 2.44. The Morgan fingerprint density at radius 2 is 2.00 bits per heavy atom. The molecule has 0 aliphatic heterocycles. The topological polar surface area (TPSA) is 129 Å². The maximum atomic E-state index is 12.2. The van der Waals surface area contributed by atoms with Gasteiger partial charge in [0.2, 0.25) is 0 Å². The average Bonchev–Trinajstić information content (AvgIpc) is 2.41. The number of benzene rings is 1. The summed E-state index contributed by atoms with van der Waals surface area (Å²) in [4.78, 5) is 21.5. The van der Waals surface area contributed by atoms with Gasteiger partial charge in [-0.3, -0.25) is 9.52 Å². The first-order chi connectivity index (χ1) is 9.79.